The summed E-state index contributed by atoms with van der Waals surface area (Å²) < 4.78 is 0.653. The van der Waals surface area contributed by atoms with Crippen molar-refractivity contribution < 1.29 is 14.7 Å². The van der Waals surface area contributed by atoms with E-state index in [1.165, 1.54) is 6.92 Å². The fraction of sp³-hybridized carbons (Fsp3) is 0.200. The molecule has 1 rings (SSSR count). The molecule has 0 heterocycles. The molecular formula is C10H10BrClN2O3. The van der Waals surface area contributed by atoms with E-state index in [2.05, 4.69) is 26.6 Å². The molecule has 0 aliphatic heterocycles. The Balaban J connectivity index is 2.68. The summed E-state index contributed by atoms with van der Waals surface area (Å²) >= 11 is 9.01. The number of anilines is 1. The topological polar surface area (TPSA) is 78.4 Å². The molecule has 0 spiro atoms. The van der Waals surface area contributed by atoms with Crippen molar-refractivity contribution in [1.82, 2.24) is 5.32 Å². The first-order chi connectivity index (χ1) is 7.90. The number of carbonyl (C=O) groups is 2. The number of urea groups is 1. The van der Waals surface area contributed by atoms with E-state index in [9.17, 15) is 9.59 Å². The van der Waals surface area contributed by atoms with Gasteiger partial charge in [-0.05, 0) is 41.1 Å². The molecule has 7 heteroatoms. The van der Waals surface area contributed by atoms with Gasteiger partial charge < -0.3 is 15.7 Å². The van der Waals surface area contributed by atoms with Crippen LogP contribution in [0.15, 0.2) is 22.7 Å². The Morgan fingerprint density at radius 2 is 2.12 bits per heavy atom. The molecule has 0 aliphatic carbocycles. The highest BCUT2D eigenvalue weighted by Crippen LogP contribution is 2.25. The molecule has 0 fully saturated rings. The van der Waals surface area contributed by atoms with Crippen molar-refractivity contribution in [3.63, 3.8) is 0 Å². The van der Waals surface area contributed by atoms with E-state index < -0.39 is 18.0 Å². The highest BCUT2D eigenvalue weighted by atomic mass is 79.9. The molecule has 1 atom stereocenters. The van der Waals surface area contributed by atoms with Crippen LogP contribution in [-0.2, 0) is 4.79 Å². The van der Waals surface area contributed by atoms with Gasteiger partial charge in [-0.15, -0.1) is 0 Å². The Labute approximate surface area is 111 Å². The normalized spacial score (nSPS) is 11.7. The highest BCUT2D eigenvalue weighted by Gasteiger charge is 2.14. The average Bonchev–Trinajstić information content (AvgIpc) is 2.23. The molecule has 1 aromatic rings. The number of aliphatic carboxylic acids is 1. The number of hydrogen-bond acceptors (Lipinski definition) is 2. The minimum absolute atomic E-state index is 0.465. The number of amides is 2. The monoisotopic (exact) mass is 320 g/mol. The van der Waals surface area contributed by atoms with E-state index in [1.54, 1.807) is 18.2 Å². The van der Waals surface area contributed by atoms with Crippen molar-refractivity contribution in [2.75, 3.05) is 5.32 Å². The van der Waals surface area contributed by atoms with Crippen molar-refractivity contribution in [3.8, 4) is 0 Å². The van der Waals surface area contributed by atoms with Crippen molar-refractivity contribution in [1.29, 1.82) is 0 Å². The van der Waals surface area contributed by atoms with Crippen LogP contribution in [0.4, 0.5) is 10.5 Å². The van der Waals surface area contributed by atoms with Gasteiger partial charge in [-0.1, -0.05) is 11.6 Å². The number of rotatable bonds is 3. The van der Waals surface area contributed by atoms with Gasteiger partial charge in [-0.3, -0.25) is 4.79 Å². The van der Waals surface area contributed by atoms with Crippen molar-refractivity contribution in [3.05, 3.63) is 27.7 Å². The lowest BCUT2D eigenvalue weighted by Crippen LogP contribution is -2.40. The van der Waals surface area contributed by atoms with Crippen LogP contribution in [0.1, 0.15) is 6.92 Å². The lowest BCUT2D eigenvalue weighted by molar-refractivity contribution is -0.138. The summed E-state index contributed by atoms with van der Waals surface area (Å²) in [5, 5.41) is 13.8. The number of halogens is 2. The second kappa shape index (κ2) is 5.88. The van der Waals surface area contributed by atoms with Crippen LogP contribution in [0.5, 0.6) is 0 Å². The Kier molecular flexibility index (Phi) is 4.77. The summed E-state index contributed by atoms with van der Waals surface area (Å²) in [4.78, 5) is 22.0. The quantitative estimate of drug-likeness (QED) is 0.801. The third-order valence-electron chi connectivity index (χ3n) is 1.89. The standard InChI is InChI=1S/C10H10BrClN2O3/c1-5(9(15)16)13-10(17)14-8-4-6(12)2-3-7(8)11/h2-5H,1H3,(H,15,16)(H2,13,14,17). The Morgan fingerprint density at radius 1 is 1.47 bits per heavy atom. The molecule has 17 heavy (non-hydrogen) atoms. The first-order valence-corrected chi connectivity index (χ1v) is 5.82. The highest BCUT2D eigenvalue weighted by molar-refractivity contribution is 9.10. The first kappa shape index (κ1) is 13.8. The summed E-state index contributed by atoms with van der Waals surface area (Å²) in [5.41, 5.74) is 0.465. The molecule has 0 saturated carbocycles. The minimum Gasteiger partial charge on any atom is -0.480 e. The van der Waals surface area contributed by atoms with Gasteiger partial charge in [-0.25, -0.2) is 4.79 Å². The van der Waals surface area contributed by atoms with Gasteiger partial charge in [0.05, 0.1) is 5.69 Å². The smallest absolute Gasteiger partial charge is 0.325 e. The molecule has 0 saturated heterocycles. The third kappa shape index (κ3) is 4.24. The van der Waals surface area contributed by atoms with E-state index in [-0.39, 0.29) is 0 Å². The van der Waals surface area contributed by atoms with E-state index in [0.717, 1.165) is 0 Å². The fourth-order valence-corrected chi connectivity index (χ4v) is 1.53. The van der Waals surface area contributed by atoms with Gasteiger partial charge in [0.2, 0.25) is 0 Å². The zero-order valence-corrected chi connectivity index (χ0v) is 11.2. The molecule has 0 aliphatic rings. The lowest BCUT2D eigenvalue weighted by Gasteiger charge is -2.11. The first-order valence-electron chi connectivity index (χ1n) is 4.65. The lowest BCUT2D eigenvalue weighted by atomic mass is 10.3. The SMILES string of the molecule is CC(NC(=O)Nc1cc(Cl)ccc1Br)C(=O)O. The van der Waals surface area contributed by atoms with Crippen LogP contribution >= 0.6 is 27.5 Å². The molecule has 3 N–H and O–H groups in total. The summed E-state index contributed by atoms with van der Waals surface area (Å²) in [6.07, 6.45) is 0. The number of carbonyl (C=O) groups excluding carboxylic acids is 1. The third-order valence-corrected chi connectivity index (χ3v) is 2.82. The van der Waals surface area contributed by atoms with Crippen molar-refractivity contribution in [2.24, 2.45) is 0 Å². The largest absolute Gasteiger partial charge is 0.480 e. The zero-order valence-electron chi connectivity index (χ0n) is 8.83. The molecule has 5 nitrogen and oxygen atoms in total. The zero-order chi connectivity index (χ0) is 13.0. The summed E-state index contributed by atoms with van der Waals surface area (Å²) in [6.45, 7) is 1.37. The predicted octanol–water partition coefficient (Wildman–Crippen LogP) is 2.70. The Hall–Kier alpha value is -1.27. The van der Waals surface area contributed by atoms with Crippen LogP contribution in [0, 0.1) is 0 Å². The number of carboxylic acid groups (broad SMARTS) is 1. The summed E-state index contributed by atoms with van der Waals surface area (Å²) in [7, 11) is 0. The number of hydrogen-bond donors (Lipinski definition) is 3. The van der Waals surface area contributed by atoms with Crippen LogP contribution in [-0.4, -0.2) is 23.1 Å². The summed E-state index contributed by atoms with van der Waals surface area (Å²) in [6, 6.07) is 3.32. The van der Waals surface area contributed by atoms with Gasteiger partial charge >= 0.3 is 12.0 Å². The van der Waals surface area contributed by atoms with Crippen LogP contribution < -0.4 is 10.6 Å². The molecular weight excluding hydrogens is 311 g/mol. The molecule has 92 valence electrons. The van der Waals surface area contributed by atoms with E-state index in [4.69, 9.17) is 16.7 Å². The second-order valence-corrected chi connectivity index (χ2v) is 4.57. The van der Waals surface area contributed by atoms with Gasteiger partial charge in [0.1, 0.15) is 6.04 Å². The van der Waals surface area contributed by atoms with Crippen molar-refractivity contribution >= 4 is 45.2 Å². The Morgan fingerprint density at radius 3 is 2.71 bits per heavy atom. The van der Waals surface area contributed by atoms with Gasteiger partial charge in [0.15, 0.2) is 0 Å². The van der Waals surface area contributed by atoms with Gasteiger partial charge in [0, 0.05) is 9.50 Å². The number of nitrogens with one attached hydrogen (secondary N) is 2. The van der Waals surface area contributed by atoms with Crippen molar-refractivity contribution in [2.45, 2.75) is 13.0 Å². The van der Waals surface area contributed by atoms with Crippen LogP contribution in [0.2, 0.25) is 5.02 Å². The fourth-order valence-electron chi connectivity index (χ4n) is 1.01. The van der Waals surface area contributed by atoms with Gasteiger partial charge in [0.25, 0.3) is 0 Å². The molecule has 0 radical (unpaired) electrons. The molecule has 1 unspecified atom stereocenters. The molecule has 0 aromatic heterocycles. The van der Waals surface area contributed by atoms with Gasteiger partial charge in [-0.2, -0.15) is 0 Å². The van der Waals surface area contributed by atoms with E-state index in [0.29, 0.717) is 15.2 Å². The molecule has 1 aromatic carbocycles. The second-order valence-electron chi connectivity index (χ2n) is 3.28. The number of benzene rings is 1. The average molecular weight is 322 g/mol. The Bertz CT molecular complexity index is 453. The maximum absolute atomic E-state index is 11.4. The molecule has 0 bridgehead atoms. The van der Waals surface area contributed by atoms with E-state index in [1.807, 2.05) is 0 Å². The maximum Gasteiger partial charge on any atom is 0.325 e. The predicted molar refractivity (Wildman–Crippen MR) is 68.4 cm³/mol. The summed E-state index contributed by atoms with van der Waals surface area (Å²) in [5.74, 6) is -1.11. The number of carboxylic acids is 1. The van der Waals surface area contributed by atoms with Crippen LogP contribution in [0.3, 0.4) is 0 Å². The maximum atomic E-state index is 11.4. The van der Waals surface area contributed by atoms with Crippen LogP contribution in [0.25, 0.3) is 0 Å². The minimum atomic E-state index is -1.11. The van der Waals surface area contributed by atoms with E-state index >= 15 is 0 Å². The molecule has 2 amide bonds.